The summed E-state index contributed by atoms with van der Waals surface area (Å²) in [6.45, 7) is 2.12. The molecule has 0 fully saturated rings. The maximum Gasteiger partial charge on any atom is 0.138 e. The highest BCUT2D eigenvalue weighted by Crippen LogP contribution is 2.24. The van der Waals surface area contributed by atoms with E-state index in [0.717, 1.165) is 22.5 Å². The molecule has 0 aliphatic heterocycles. The van der Waals surface area contributed by atoms with Crippen LogP contribution >= 0.6 is 11.8 Å². The first kappa shape index (κ1) is 10.1. The molecular weight excluding hydrogens is 204 g/mol. The van der Waals surface area contributed by atoms with Crippen molar-refractivity contribution in [3.05, 3.63) is 35.7 Å². The lowest BCUT2D eigenvalue weighted by Gasteiger charge is -2.00. The number of fused-ring (bicyclic) bond motifs is 1. The molecule has 0 spiro atoms. The lowest BCUT2D eigenvalue weighted by atomic mass is 10.2. The van der Waals surface area contributed by atoms with Crippen molar-refractivity contribution in [1.29, 1.82) is 5.26 Å². The molecule has 15 heavy (non-hydrogen) atoms. The van der Waals surface area contributed by atoms with Gasteiger partial charge in [0.2, 0.25) is 0 Å². The van der Waals surface area contributed by atoms with E-state index in [2.05, 4.69) is 31.2 Å². The average molecular weight is 216 g/mol. The van der Waals surface area contributed by atoms with Gasteiger partial charge in [-0.1, -0.05) is 13.0 Å². The minimum atomic E-state index is 0.743. The topological polar surface area (TPSA) is 28.2 Å². The molecule has 3 heteroatoms. The number of thioether (sulfide) groups is 1. The summed E-state index contributed by atoms with van der Waals surface area (Å²) in [6, 6.07) is 8.50. The summed E-state index contributed by atoms with van der Waals surface area (Å²) in [5.41, 5.74) is 3.09. The molecule has 0 aliphatic carbocycles. The van der Waals surface area contributed by atoms with Crippen LogP contribution in [0.1, 0.15) is 18.2 Å². The van der Waals surface area contributed by atoms with Crippen molar-refractivity contribution in [2.45, 2.75) is 18.2 Å². The Morgan fingerprint density at radius 2 is 2.27 bits per heavy atom. The van der Waals surface area contributed by atoms with Crippen molar-refractivity contribution in [3.8, 4) is 6.07 Å². The lowest BCUT2D eigenvalue weighted by molar-refractivity contribution is 1.05. The van der Waals surface area contributed by atoms with E-state index in [4.69, 9.17) is 5.26 Å². The largest absolute Gasteiger partial charge is 0.307 e. The Morgan fingerprint density at radius 3 is 2.87 bits per heavy atom. The van der Waals surface area contributed by atoms with Gasteiger partial charge < -0.3 is 4.40 Å². The normalized spacial score (nSPS) is 10.5. The van der Waals surface area contributed by atoms with Gasteiger partial charge in [0.05, 0.1) is 0 Å². The van der Waals surface area contributed by atoms with E-state index in [1.165, 1.54) is 5.56 Å². The number of aromatic nitrogens is 1. The predicted octanol–water partition coefficient (Wildman–Crippen LogP) is 3.10. The Morgan fingerprint density at radius 1 is 1.47 bits per heavy atom. The van der Waals surface area contributed by atoms with Gasteiger partial charge in [-0.2, -0.15) is 5.26 Å². The van der Waals surface area contributed by atoms with Crippen molar-refractivity contribution < 1.29 is 0 Å². The molecule has 0 N–H and O–H groups in total. The first-order valence-corrected chi connectivity index (χ1v) is 6.10. The van der Waals surface area contributed by atoms with Crippen molar-refractivity contribution in [3.63, 3.8) is 0 Å². The van der Waals surface area contributed by atoms with E-state index in [9.17, 15) is 0 Å². The molecule has 0 saturated heterocycles. The van der Waals surface area contributed by atoms with Crippen LogP contribution in [0.3, 0.4) is 0 Å². The monoisotopic (exact) mass is 216 g/mol. The van der Waals surface area contributed by atoms with Gasteiger partial charge in [0.25, 0.3) is 0 Å². The van der Waals surface area contributed by atoms with Gasteiger partial charge in [-0.15, -0.1) is 11.8 Å². The van der Waals surface area contributed by atoms with Crippen LogP contribution in [0.2, 0.25) is 0 Å². The Bertz CT molecular complexity index is 534. The number of nitriles is 1. The fourth-order valence-corrected chi connectivity index (χ4v) is 2.24. The minimum Gasteiger partial charge on any atom is -0.307 e. The number of hydrogen-bond acceptors (Lipinski definition) is 2. The van der Waals surface area contributed by atoms with Crippen LogP contribution in [0.4, 0.5) is 0 Å². The van der Waals surface area contributed by atoms with Crippen LogP contribution in [0.5, 0.6) is 0 Å². The summed E-state index contributed by atoms with van der Waals surface area (Å²) in [4.78, 5) is 1.05. The van der Waals surface area contributed by atoms with Crippen molar-refractivity contribution in [2.24, 2.45) is 0 Å². The second-order valence-corrected chi connectivity index (χ2v) is 4.21. The second-order valence-electron chi connectivity index (χ2n) is 3.36. The molecule has 0 unspecified atom stereocenters. The minimum absolute atomic E-state index is 0.743. The van der Waals surface area contributed by atoms with E-state index >= 15 is 0 Å². The molecule has 2 aromatic heterocycles. The molecular formula is C12H12N2S. The first-order valence-electron chi connectivity index (χ1n) is 4.88. The van der Waals surface area contributed by atoms with Gasteiger partial charge >= 0.3 is 0 Å². The highest BCUT2D eigenvalue weighted by atomic mass is 32.2. The van der Waals surface area contributed by atoms with E-state index in [-0.39, 0.29) is 0 Å². The molecule has 0 aromatic carbocycles. The Labute approximate surface area is 93.5 Å². The molecule has 2 heterocycles. The number of nitrogens with zero attached hydrogens (tertiary/aromatic N) is 2. The zero-order valence-corrected chi connectivity index (χ0v) is 9.64. The number of rotatable bonds is 2. The molecule has 0 atom stereocenters. The molecule has 2 rings (SSSR count). The van der Waals surface area contributed by atoms with Gasteiger partial charge in [0.1, 0.15) is 11.8 Å². The highest BCUT2D eigenvalue weighted by Gasteiger charge is 2.08. The third-order valence-electron chi connectivity index (χ3n) is 2.53. The Hall–Kier alpha value is -1.40. The van der Waals surface area contributed by atoms with Crippen molar-refractivity contribution in [1.82, 2.24) is 4.40 Å². The molecule has 76 valence electrons. The maximum absolute atomic E-state index is 9.12. The Balaban J connectivity index is 2.75. The molecule has 0 bridgehead atoms. The SMILES string of the molecule is CCc1ccc2cc(SC)c(C#N)n2c1. The average Bonchev–Trinajstić information content (AvgIpc) is 2.65. The van der Waals surface area contributed by atoms with Gasteiger partial charge in [-0.25, -0.2) is 0 Å². The van der Waals surface area contributed by atoms with Crippen molar-refractivity contribution in [2.75, 3.05) is 6.26 Å². The van der Waals surface area contributed by atoms with E-state index < -0.39 is 0 Å². The zero-order chi connectivity index (χ0) is 10.8. The van der Waals surface area contributed by atoms with E-state index in [0.29, 0.717) is 0 Å². The third kappa shape index (κ3) is 1.62. The predicted molar refractivity (Wildman–Crippen MR) is 63.3 cm³/mol. The van der Waals surface area contributed by atoms with Crippen LogP contribution in [-0.2, 0) is 6.42 Å². The van der Waals surface area contributed by atoms with Crippen LogP contribution in [-0.4, -0.2) is 10.7 Å². The molecule has 0 saturated carbocycles. The quantitative estimate of drug-likeness (QED) is 0.722. The standard InChI is InChI=1S/C12H12N2S/c1-3-9-4-5-10-6-12(15-2)11(7-13)14(10)8-9/h4-6,8H,3H2,1-2H3. The zero-order valence-electron chi connectivity index (χ0n) is 8.82. The molecule has 2 nitrogen and oxygen atoms in total. The summed E-state index contributed by atoms with van der Waals surface area (Å²) in [5, 5.41) is 9.12. The van der Waals surface area contributed by atoms with Gasteiger partial charge in [0.15, 0.2) is 0 Å². The van der Waals surface area contributed by atoms with E-state index in [1.54, 1.807) is 11.8 Å². The lowest BCUT2D eigenvalue weighted by Crippen LogP contribution is -1.91. The number of hydrogen-bond donors (Lipinski definition) is 0. The molecule has 0 amide bonds. The molecule has 0 radical (unpaired) electrons. The van der Waals surface area contributed by atoms with E-state index in [1.807, 2.05) is 16.9 Å². The number of aryl methyl sites for hydroxylation is 1. The molecule has 0 aliphatic rings. The first-order chi connectivity index (χ1) is 7.30. The van der Waals surface area contributed by atoms with Gasteiger partial charge in [-0.05, 0) is 30.4 Å². The summed E-state index contributed by atoms with van der Waals surface area (Å²) in [6.07, 6.45) is 5.04. The van der Waals surface area contributed by atoms with Crippen LogP contribution in [0, 0.1) is 11.3 Å². The second kappa shape index (κ2) is 4.00. The summed E-state index contributed by atoms with van der Waals surface area (Å²) in [5.74, 6) is 0. The number of pyridine rings is 1. The summed E-state index contributed by atoms with van der Waals surface area (Å²) >= 11 is 1.62. The van der Waals surface area contributed by atoms with Crippen LogP contribution in [0.25, 0.3) is 5.52 Å². The fourth-order valence-electron chi connectivity index (χ4n) is 1.66. The van der Waals surface area contributed by atoms with Gasteiger partial charge in [-0.3, -0.25) is 0 Å². The van der Waals surface area contributed by atoms with Crippen LogP contribution < -0.4 is 0 Å². The highest BCUT2D eigenvalue weighted by molar-refractivity contribution is 7.98. The Kier molecular flexibility index (Phi) is 2.70. The van der Waals surface area contributed by atoms with Crippen molar-refractivity contribution >= 4 is 17.3 Å². The third-order valence-corrected chi connectivity index (χ3v) is 3.28. The maximum atomic E-state index is 9.12. The smallest absolute Gasteiger partial charge is 0.138 e. The molecule has 2 aromatic rings. The van der Waals surface area contributed by atoms with Gasteiger partial charge in [0, 0.05) is 16.6 Å². The van der Waals surface area contributed by atoms with Crippen LogP contribution in [0.15, 0.2) is 29.3 Å². The fraction of sp³-hybridized carbons (Fsp3) is 0.250. The summed E-state index contributed by atoms with van der Waals surface area (Å²) < 4.78 is 1.98. The summed E-state index contributed by atoms with van der Waals surface area (Å²) in [7, 11) is 0.